The lowest BCUT2D eigenvalue weighted by molar-refractivity contribution is -0.140. The van der Waals surface area contributed by atoms with E-state index < -0.39 is 5.41 Å². The highest BCUT2D eigenvalue weighted by molar-refractivity contribution is 9.10. The molecule has 0 saturated carbocycles. The van der Waals surface area contributed by atoms with Gasteiger partial charge in [-0.25, -0.2) is 0 Å². The van der Waals surface area contributed by atoms with Crippen molar-refractivity contribution in [3.63, 3.8) is 0 Å². The fourth-order valence-electron chi connectivity index (χ4n) is 2.28. The molecular formula is C15H21BrN2O3. The molecule has 0 aromatic heterocycles. The van der Waals surface area contributed by atoms with Crippen molar-refractivity contribution in [3.05, 3.63) is 28.7 Å². The Labute approximate surface area is 133 Å². The number of likely N-dealkylation sites (N-methyl/N-ethyl adjacent to an activating group) is 1. The first-order chi connectivity index (χ1) is 9.93. The number of nitrogens with zero attached hydrogens (tertiary/aromatic N) is 1. The van der Waals surface area contributed by atoms with E-state index >= 15 is 0 Å². The lowest BCUT2D eigenvalue weighted by Crippen LogP contribution is -2.51. The van der Waals surface area contributed by atoms with Gasteiger partial charge < -0.3 is 20.1 Å². The SMILES string of the molecule is CN(CCOc1ccc(Br)cc1)C(=O)C1(C)COCC1N. The molecule has 2 unspecified atom stereocenters. The maximum Gasteiger partial charge on any atom is 0.232 e. The quantitative estimate of drug-likeness (QED) is 0.871. The molecule has 1 fully saturated rings. The van der Waals surface area contributed by atoms with E-state index in [0.717, 1.165) is 10.2 Å². The summed E-state index contributed by atoms with van der Waals surface area (Å²) in [5.41, 5.74) is 5.35. The van der Waals surface area contributed by atoms with Crippen molar-refractivity contribution in [3.8, 4) is 5.75 Å². The molecule has 1 saturated heterocycles. The largest absolute Gasteiger partial charge is 0.492 e. The maximum atomic E-state index is 12.5. The third-order valence-corrected chi connectivity index (χ3v) is 4.39. The molecule has 1 heterocycles. The van der Waals surface area contributed by atoms with Crippen LogP contribution in [0.4, 0.5) is 0 Å². The Bertz CT molecular complexity index is 494. The smallest absolute Gasteiger partial charge is 0.232 e. The van der Waals surface area contributed by atoms with Gasteiger partial charge in [0.15, 0.2) is 0 Å². The van der Waals surface area contributed by atoms with E-state index in [9.17, 15) is 4.79 Å². The first-order valence-electron chi connectivity index (χ1n) is 6.91. The third kappa shape index (κ3) is 3.75. The zero-order valence-corrected chi connectivity index (χ0v) is 13.9. The van der Waals surface area contributed by atoms with Crippen LogP contribution in [0.25, 0.3) is 0 Å². The normalized spacial score (nSPS) is 24.9. The van der Waals surface area contributed by atoms with Gasteiger partial charge in [-0.2, -0.15) is 0 Å². The minimum absolute atomic E-state index is 0.00639. The van der Waals surface area contributed by atoms with E-state index in [1.807, 2.05) is 31.2 Å². The molecule has 116 valence electrons. The molecule has 1 aromatic carbocycles. The highest BCUT2D eigenvalue weighted by Gasteiger charge is 2.45. The summed E-state index contributed by atoms with van der Waals surface area (Å²) in [5, 5.41) is 0. The van der Waals surface area contributed by atoms with Gasteiger partial charge in [-0.15, -0.1) is 0 Å². The molecule has 2 atom stereocenters. The monoisotopic (exact) mass is 356 g/mol. The van der Waals surface area contributed by atoms with Crippen molar-refractivity contribution in [1.82, 2.24) is 4.90 Å². The predicted octanol–water partition coefficient (Wildman–Crippen LogP) is 1.65. The average Bonchev–Trinajstić information content (AvgIpc) is 2.81. The lowest BCUT2D eigenvalue weighted by Gasteiger charge is -2.30. The molecule has 1 aliphatic heterocycles. The van der Waals surface area contributed by atoms with Gasteiger partial charge in [-0.3, -0.25) is 4.79 Å². The zero-order valence-electron chi connectivity index (χ0n) is 12.3. The zero-order chi connectivity index (χ0) is 15.5. The predicted molar refractivity (Wildman–Crippen MR) is 84.2 cm³/mol. The van der Waals surface area contributed by atoms with Gasteiger partial charge in [0.2, 0.25) is 5.91 Å². The summed E-state index contributed by atoms with van der Waals surface area (Å²) < 4.78 is 12.0. The molecular weight excluding hydrogens is 336 g/mol. The Hall–Kier alpha value is -1.11. The van der Waals surface area contributed by atoms with Gasteiger partial charge >= 0.3 is 0 Å². The van der Waals surface area contributed by atoms with Crippen LogP contribution in [0.3, 0.4) is 0 Å². The molecule has 1 aromatic rings. The van der Waals surface area contributed by atoms with E-state index in [1.165, 1.54) is 0 Å². The number of halogens is 1. The van der Waals surface area contributed by atoms with E-state index in [-0.39, 0.29) is 11.9 Å². The summed E-state index contributed by atoms with van der Waals surface area (Å²) >= 11 is 3.37. The minimum atomic E-state index is -0.633. The number of amides is 1. The van der Waals surface area contributed by atoms with Crippen LogP contribution in [0.2, 0.25) is 0 Å². The van der Waals surface area contributed by atoms with E-state index in [2.05, 4.69) is 15.9 Å². The van der Waals surface area contributed by atoms with Crippen molar-refractivity contribution < 1.29 is 14.3 Å². The number of carbonyl (C=O) groups excluding carboxylic acids is 1. The van der Waals surface area contributed by atoms with Crippen LogP contribution in [-0.4, -0.2) is 50.3 Å². The molecule has 0 aliphatic carbocycles. The summed E-state index contributed by atoms with van der Waals surface area (Å²) in [5.74, 6) is 0.790. The van der Waals surface area contributed by atoms with Gasteiger partial charge in [0, 0.05) is 17.6 Å². The molecule has 1 amide bonds. The molecule has 5 nitrogen and oxygen atoms in total. The van der Waals surface area contributed by atoms with Crippen LogP contribution in [0.1, 0.15) is 6.92 Å². The van der Waals surface area contributed by atoms with Crippen molar-refractivity contribution >= 4 is 21.8 Å². The Balaban J connectivity index is 1.83. The van der Waals surface area contributed by atoms with Crippen molar-refractivity contribution in [1.29, 1.82) is 0 Å². The Morgan fingerprint density at radius 2 is 2.19 bits per heavy atom. The molecule has 2 N–H and O–H groups in total. The second kappa shape index (κ2) is 6.77. The highest BCUT2D eigenvalue weighted by atomic mass is 79.9. The van der Waals surface area contributed by atoms with Gasteiger partial charge in [-0.1, -0.05) is 15.9 Å². The summed E-state index contributed by atoms with van der Waals surface area (Å²) in [6, 6.07) is 7.35. The number of hydrogen-bond acceptors (Lipinski definition) is 4. The summed E-state index contributed by atoms with van der Waals surface area (Å²) in [6.07, 6.45) is 0. The number of nitrogens with two attached hydrogens (primary N) is 1. The third-order valence-electron chi connectivity index (χ3n) is 3.86. The fourth-order valence-corrected chi connectivity index (χ4v) is 2.54. The van der Waals surface area contributed by atoms with Crippen LogP contribution in [-0.2, 0) is 9.53 Å². The lowest BCUT2D eigenvalue weighted by atomic mass is 9.84. The van der Waals surface area contributed by atoms with Crippen molar-refractivity contribution in [2.24, 2.45) is 11.1 Å². The maximum absolute atomic E-state index is 12.5. The number of rotatable bonds is 5. The first-order valence-corrected chi connectivity index (χ1v) is 7.70. The van der Waals surface area contributed by atoms with E-state index in [1.54, 1.807) is 11.9 Å². The Morgan fingerprint density at radius 1 is 1.52 bits per heavy atom. The summed E-state index contributed by atoms with van der Waals surface area (Å²) in [4.78, 5) is 14.1. The fraction of sp³-hybridized carbons (Fsp3) is 0.533. The van der Waals surface area contributed by atoms with E-state index in [0.29, 0.717) is 26.4 Å². The second-order valence-corrected chi connectivity index (χ2v) is 6.48. The minimum Gasteiger partial charge on any atom is -0.492 e. The van der Waals surface area contributed by atoms with Crippen LogP contribution in [0, 0.1) is 5.41 Å². The van der Waals surface area contributed by atoms with Gasteiger partial charge in [0.25, 0.3) is 0 Å². The van der Waals surface area contributed by atoms with Crippen LogP contribution in [0.5, 0.6) is 5.75 Å². The molecule has 21 heavy (non-hydrogen) atoms. The van der Waals surface area contributed by atoms with Gasteiger partial charge in [0.1, 0.15) is 12.4 Å². The van der Waals surface area contributed by atoms with Gasteiger partial charge in [0.05, 0.1) is 25.2 Å². The standard InChI is InChI=1S/C15H21BrN2O3/c1-15(10-20-9-13(15)17)14(19)18(2)7-8-21-12-5-3-11(16)4-6-12/h3-6,13H,7-10,17H2,1-2H3. The molecule has 0 bridgehead atoms. The van der Waals surface area contributed by atoms with Crippen LogP contribution >= 0.6 is 15.9 Å². The average molecular weight is 357 g/mol. The molecule has 0 radical (unpaired) electrons. The molecule has 2 rings (SSSR count). The van der Waals surface area contributed by atoms with E-state index in [4.69, 9.17) is 15.2 Å². The Kier molecular flexibility index (Phi) is 5.24. The van der Waals surface area contributed by atoms with Crippen LogP contribution in [0.15, 0.2) is 28.7 Å². The van der Waals surface area contributed by atoms with Crippen LogP contribution < -0.4 is 10.5 Å². The number of hydrogen-bond donors (Lipinski definition) is 1. The topological polar surface area (TPSA) is 64.8 Å². The first kappa shape index (κ1) is 16.3. The number of benzene rings is 1. The number of carbonyl (C=O) groups is 1. The molecule has 0 spiro atoms. The highest BCUT2D eigenvalue weighted by Crippen LogP contribution is 2.29. The van der Waals surface area contributed by atoms with Crippen molar-refractivity contribution in [2.75, 3.05) is 33.4 Å². The summed E-state index contributed by atoms with van der Waals surface area (Å²) in [6.45, 7) is 3.63. The molecule has 6 heteroatoms. The number of ether oxygens (including phenoxy) is 2. The molecule has 1 aliphatic rings. The second-order valence-electron chi connectivity index (χ2n) is 5.57. The summed E-state index contributed by atoms with van der Waals surface area (Å²) in [7, 11) is 1.77. The Morgan fingerprint density at radius 3 is 2.76 bits per heavy atom. The van der Waals surface area contributed by atoms with Crippen molar-refractivity contribution in [2.45, 2.75) is 13.0 Å². The van der Waals surface area contributed by atoms with Gasteiger partial charge in [-0.05, 0) is 31.2 Å².